The molecule has 0 atom stereocenters. The van der Waals surface area contributed by atoms with Gasteiger partial charge in [-0.25, -0.2) is 4.98 Å². The number of carbonyl (C=O) groups excluding carboxylic acids is 2. The number of fused-ring (bicyclic) bond motifs is 2. The molecule has 3 heterocycles. The standard InChI is InChI=1S/C30H32N4O8S/c1-38-23-8-7-19(13-24(23)39-2)9-10-31-27(35)6-3-11-34-29(37)21-14-25-26(42-18-41-25)15-22(21)33-30(34)43-17-28(36)32-16-20-5-4-12-40-20/h4-5,7-8,12-15H,3,6,9-11,16-18H2,1-2H3,(H,31,35)(H,32,36). The summed E-state index contributed by atoms with van der Waals surface area (Å²) in [5.41, 5.74) is 1.16. The number of carbonyl (C=O) groups is 2. The molecular weight excluding hydrogens is 576 g/mol. The lowest BCUT2D eigenvalue weighted by Gasteiger charge is -2.14. The number of hydrogen-bond donors (Lipinski definition) is 2. The molecule has 4 aromatic rings. The second-order valence-electron chi connectivity index (χ2n) is 9.61. The third-order valence-electron chi connectivity index (χ3n) is 6.76. The number of rotatable bonds is 14. The minimum Gasteiger partial charge on any atom is -0.493 e. The third-order valence-corrected chi connectivity index (χ3v) is 7.73. The van der Waals surface area contributed by atoms with Crippen LogP contribution in [0.25, 0.3) is 10.9 Å². The zero-order valence-electron chi connectivity index (χ0n) is 23.8. The quantitative estimate of drug-likeness (QED) is 0.162. The van der Waals surface area contributed by atoms with Crippen molar-refractivity contribution in [2.45, 2.75) is 37.5 Å². The topological polar surface area (TPSA) is 143 Å². The van der Waals surface area contributed by atoms with Gasteiger partial charge in [0.2, 0.25) is 18.6 Å². The van der Waals surface area contributed by atoms with Gasteiger partial charge in [-0.15, -0.1) is 0 Å². The molecule has 43 heavy (non-hydrogen) atoms. The van der Waals surface area contributed by atoms with E-state index in [0.29, 0.717) is 64.2 Å². The number of benzene rings is 2. The van der Waals surface area contributed by atoms with Crippen LogP contribution in [-0.2, 0) is 29.1 Å². The number of ether oxygens (including phenoxy) is 4. The van der Waals surface area contributed by atoms with Gasteiger partial charge in [0.25, 0.3) is 5.56 Å². The van der Waals surface area contributed by atoms with Crippen LogP contribution >= 0.6 is 11.8 Å². The van der Waals surface area contributed by atoms with Crippen LogP contribution in [0.3, 0.4) is 0 Å². The van der Waals surface area contributed by atoms with Gasteiger partial charge in [-0.2, -0.15) is 0 Å². The Hall–Kier alpha value is -4.65. The van der Waals surface area contributed by atoms with Gasteiger partial charge in [0.15, 0.2) is 28.2 Å². The van der Waals surface area contributed by atoms with Gasteiger partial charge in [0, 0.05) is 25.6 Å². The van der Waals surface area contributed by atoms with E-state index in [1.54, 1.807) is 38.5 Å². The Bertz CT molecular complexity index is 1650. The number of amides is 2. The van der Waals surface area contributed by atoms with Crippen LogP contribution in [0.4, 0.5) is 0 Å². The Kier molecular flexibility index (Phi) is 9.72. The largest absolute Gasteiger partial charge is 0.493 e. The first-order valence-corrected chi connectivity index (χ1v) is 14.7. The highest BCUT2D eigenvalue weighted by Crippen LogP contribution is 2.35. The zero-order valence-corrected chi connectivity index (χ0v) is 24.7. The van der Waals surface area contributed by atoms with Crippen LogP contribution in [0, 0.1) is 0 Å². The van der Waals surface area contributed by atoms with Crippen LogP contribution in [0.5, 0.6) is 23.0 Å². The van der Waals surface area contributed by atoms with Crippen molar-refractivity contribution in [1.29, 1.82) is 0 Å². The summed E-state index contributed by atoms with van der Waals surface area (Å²) in [5.74, 6) is 2.58. The van der Waals surface area contributed by atoms with Crippen molar-refractivity contribution in [3.8, 4) is 23.0 Å². The van der Waals surface area contributed by atoms with E-state index in [1.165, 1.54) is 10.8 Å². The smallest absolute Gasteiger partial charge is 0.262 e. The van der Waals surface area contributed by atoms with Gasteiger partial charge in [-0.1, -0.05) is 17.8 Å². The molecule has 0 radical (unpaired) electrons. The Morgan fingerprint density at radius 2 is 1.84 bits per heavy atom. The number of thioether (sulfide) groups is 1. The van der Waals surface area contributed by atoms with Gasteiger partial charge in [-0.05, 0) is 48.7 Å². The lowest BCUT2D eigenvalue weighted by atomic mass is 10.1. The zero-order chi connectivity index (χ0) is 30.2. The fourth-order valence-corrected chi connectivity index (χ4v) is 5.40. The number of methoxy groups -OCH3 is 2. The van der Waals surface area contributed by atoms with Crippen molar-refractivity contribution in [1.82, 2.24) is 20.2 Å². The summed E-state index contributed by atoms with van der Waals surface area (Å²) in [6, 6.07) is 12.4. The molecule has 2 aromatic carbocycles. The molecule has 0 bridgehead atoms. The number of nitrogens with one attached hydrogen (secondary N) is 2. The highest BCUT2D eigenvalue weighted by atomic mass is 32.2. The lowest BCUT2D eigenvalue weighted by molar-refractivity contribution is -0.121. The molecule has 0 fully saturated rings. The van der Waals surface area contributed by atoms with Gasteiger partial charge >= 0.3 is 0 Å². The highest BCUT2D eigenvalue weighted by Gasteiger charge is 2.20. The predicted molar refractivity (Wildman–Crippen MR) is 159 cm³/mol. The van der Waals surface area contributed by atoms with E-state index in [9.17, 15) is 14.4 Å². The second-order valence-corrected chi connectivity index (χ2v) is 10.6. The first kappa shape index (κ1) is 29.8. The van der Waals surface area contributed by atoms with Crippen LogP contribution in [0.2, 0.25) is 0 Å². The Balaban J connectivity index is 1.21. The van der Waals surface area contributed by atoms with Crippen molar-refractivity contribution in [3.63, 3.8) is 0 Å². The normalized spacial score (nSPS) is 11.9. The molecule has 12 nitrogen and oxygen atoms in total. The van der Waals surface area contributed by atoms with Gasteiger partial charge < -0.3 is 34.0 Å². The van der Waals surface area contributed by atoms with Crippen LogP contribution in [0.15, 0.2) is 63.1 Å². The number of aromatic nitrogens is 2. The average molecular weight is 609 g/mol. The Labute approximate surface area is 251 Å². The van der Waals surface area contributed by atoms with Crippen molar-refractivity contribution in [2.24, 2.45) is 0 Å². The van der Waals surface area contributed by atoms with E-state index in [2.05, 4.69) is 15.6 Å². The number of nitrogens with zero attached hydrogens (tertiary/aromatic N) is 2. The summed E-state index contributed by atoms with van der Waals surface area (Å²) >= 11 is 1.15. The molecule has 1 aliphatic rings. The maximum Gasteiger partial charge on any atom is 0.262 e. The van der Waals surface area contributed by atoms with E-state index >= 15 is 0 Å². The maximum atomic E-state index is 13.6. The predicted octanol–water partition coefficient (Wildman–Crippen LogP) is 3.28. The van der Waals surface area contributed by atoms with Gasteiger partial charge in [0.05, 0.1) is 43.7 Å². The summed E-state index contributed by atoms with van der Waals surface area (Å²) in [6.45, 7) is 1.02. The molecular formula is C30H32N4O8S. The summed E-state index contributed by atoms with van der Waals surface area (Å²) in [5, 5.41) is 6.46. The molecule has 13 heteroatoms. The number of hydrogen-bond acceptors (Lipinski definition) is 10. The maximum absolute atomic E-state index is 13.6. The van der Waals surface area contributed by atoms with E-state index in [1.807, 2.05) is 18.2 Å². The van der Waals surface area contributed by atoms with Crippen molar-refractivity contribution in [3.05, 3.63) is 70.4 Å². The molecule has 1 aliphatic heterocycles. The third kappa shape index (κ3) is 7.41. The molecule has 2 N–H and O–H groups in total. The summed E-state index contributed by atoms with van der Waals surface area (Å²) in [4.78, 5) is 43.3. The molecule has 0 unspecified atom stereocenters. The van der Waals surface area contributed by atoms with E-state index < -0.39 is 0 Å². The van der Waals surface area contributed by atoms with E-state index in [4.69, 9.17) is 23.4 Å². The van der Waals surface area contributed by atoms with E-state index in [-0.39, 0.29) is 49.4 Å². The monoisotopic (exact) mass is 608 g/mol. The SMILES string of the molecule is COc1ccc(CCNC(=O)CCCn2c(SCC(=O)NCc3ccco3)nc3cc4c(cc3c2=O)OCO4)cc1OC. The van der Waals surface area contributed by atoms with Crippen LogP contribution < -0.4 is 35.1 Å². The fraction of sp³-hybridized carbons (Fsp3) is 0.333. The Morgan fingerprint density at radius 3 is 2.60 bits per heavy atom. The highest BCUT2D eigenvalue weighted by molar-refractivity contribution is 7.99. The molecule has 2 aromatic heterocycles. The molecule has 0 aliphatic carbocycles. The summed E-state index contributed by atoms with van der Waals surface area (Å²) in [7, 11) is 3.16. The van der Waals surface area contributed by atoms with Crippen molar-refractivity contribution in [2.75, 3.05) is 33.3 Å². The second kappa shape index (κ2) is 14.0. The van der Waals surface area contributed by atoms with Gasteiger partial charge in [-0.3, -0.25) is 19.0 Å². The Morgan fingerprint density at radius 1 is 1.02 bits per heavy atom. The average Bonchev–Trinajstić information content (AvgIpc) is 3.71. The first-order valence-electron chi connectivity index (χ1n) is 13.7. The van der Waals surface area contributed by atoms with Crippen molar-refractivity contribution >= 4 is 34.5 Å². The van der Waals surface area contributed by atoms with Crippen molar-refractivity contribution < 1.29 is 33.0 Å². The summed E-state index contributed by atoms with van der Waals surface area (Å²) < 4.78 is 28.3. The summed E-state index contributed by atoms with van der Waals surface area (Å²) in [6.07, 6.45) is 2.78. The lowest BCUT2D eigenvalue weighted by Crippen LogP contribution is -2.28. The minimum atomic E-state index is -0.282. The molecule has 226 valence electrons. The minimum absolute atomic E-state index is 0.0415. The van der Waals surface area contributed by atoms with E-state index in [0.717, 1.165) is 17.3 Å². The van der Waals surface area contributed by atoms with Crippen LogP contribution in [-0.4, -0.2) is 54.7 Å². The fourth-order valence-electron chi connectivity index (χ4n) is 4.55. The van der Waals surface area contributed by atoms with Gasteiger partial charge in [0.1, 0.15) is 5.76 Å². The number of furan rings is 1. The first-order chi connectivity index (χ1) is 20.9. The molecule has 5 rings (SSSR count). The molecule has 2 amide bonds. The molecule has 0 saturated heterocycles. The molecule has 0 saturated carbocycles. The van der Waals surface area contributed by atoms with Crippen LogP contribution in [0.1, 0.15) is 24.2 Å². The molecule has 0 spiro atoms.